The summed E-state index contributed by atoms with van der Waals surface area (Å²) >= 11 is 7.25. The number of nitrogens with one attached hydrogen (secondary N) is 2. The molecule has 9 heteroatoms. The molecule has 0 unspecified atom stereocenters. The van der Waals surface area contributed by atoms with Crippen LogP contribution in [0, 0.1) is 5.82 Å². The summed E-state index contributed by atoms with van der Waals surface area (Å²) in [7, 11) is 0. The van der Waals surface area contributed by atoms with Crippen LogP contribution in [0.5, 0.6) is 0 Å². The van der Waals surface area contributed by atoms with E-state index in [9.17, 15) is 14.0 Å². The fourth-order valence-corrected chi connectivity index (χ4v) is 4.67. The quantitative estimate of drug-likeness (QED) is 0.323. The van der Waals surface area contributed by atoms with E-state index in [1.807, 2.05) is 36.5 Å². The van der Waals surface area contributed by atoms with Crippen molar-refractivity contribution in [1.29, 1.82) is 0 Å². The number of nitrogens with zero attached hydrogens (tertiary/aromatic N) is 2. The molecule has 0 spiro atoms. The van der Waals surface area contributed by atoms with Gasteiger partial charge in [0.15, 0.2) is 5.17 Å². The van der Waals surface area contributed by atoms with Crippen LogP contribution in [0.3, 0.4) is 0 Å². The highest BCUT2D eigenvalue weighted by Gasteiger charge is 2.32. The maximum absolute atomic E-state index is 14.3. The minimum atomic E-state index is -0.557. The third kappa shape index (κ3) is 4.84. The molecule has 0 aliphatic carbocycles. The fraction of sp³-hybridized carbons (Fsp3) is 0.0385. The second-order valence-corrected chi connectivity index (χ2v) is 9.00. The molecule has 35 heavy (non-hydrogen) atoms. The van der Waals surface area contributed by atoms with E-state index in [1.165, 1.54) is 23.1 Å². The van der Waals surface area contributed by atoms with Crippen molar-refractivity contribution in [2.45, 2.75) is 0 Å². The standard InChI is InChI=1S/C26H18ClFN4O2S/c27-20-7-4-8-21(28)19(20)14-23-25(34)32(18-5-2-1-3-6-18)26(31-23)35-15-24(33)30-17-10-9-16-11-12-29-22(16)13-17/h1-14,29H,15H2,(H,30,33)/b23-14-. The topological polar surface area (TPSA) is 77.6 Å². The molecule has 1 aromatic heterocycles. The molecule has 4 aromatic rings. The second-order valence-electron chi connectivity index (χ2n) is 7.65. The lowest BCUT2D eigenvalue weighted by Gasteiger charge is -2.17. The van der Waals surface area contributed by atoms with Crippen LogP contribution in [0.2, 0.25) is 5.02 Å². The molecule has 0 radical (unpaired) electrons. The van der Waals surface area contributed by atoms with E-state index < -0.39 is 11.7 Å². The zero-order chi connectivity index (χ0) is 24.4. The molecule has 1 aliphatic heterocycles. The average Bonchev–Trinajstić information content (AvgIpc) is 3.44. The lowest BCUT2D eigenvalue weighted by atomic mass is 10.1. The Bertz CT molecular complexity index is 1480. The second kappa shape index (κ2) is 9.77. The van der Waals surface area contributed by atoms with Crippen molar-refractivity contribution in [3.8, 4) is 0 Å². The molecule has 174 valence electrons. The summed E-state index contributed by atoms with van der Waals surface area (Å²) in [5.74, 6) is -1.22. The first-order valence-electron chi connectivity index (χ1n) is 10.6. The number of rotatable bonds is 5. The molecule has 0 fully saturated rings. The fourth-order valence-electron chi connectivity index (χ4n) is 3.64. The maximum atomic E-state index is 14.3. The van der Waals surface area contributed by atoms with Gasteiger partial charge >= 0.3 is 0 Å². The van der Waals surface area contributed by atoms with Crippen LogP contribution in [-0.2, 0) is 9.59 Å². The number of para-hydroxylation sites is 1. The highest BCUT2D eigenvalue weighted by atomic mass is 35.5. The SMILES string of the molecule is O=C(CSC1=N/C(=C\c2c(F)cccc2Cl)C(=O)N1c1ccccc1)Nc1ccc2cc[nH]c2c1. The number of benzene rings is 3. The van der Waals surface area contributed by atoms with Crippen molar-refractivity contribution in [3.63, 3.8) is 0 Å². The van der Waals surface area contributed by atoms with Gasteiger partial charge in [0, 0.05) is 23.0 Å². The van der Waals surface area contributed by atoms with Crippen LogP contribution in [0.15, 0.2) is 89.7 Å². The van der Waals surface area contributed by atoms with Crippen molar-refractivity contribution < 1.29 is 14.0 Å². The van der Waals surface area contributed by atoms with Gasteiger partial charge < -0.3 is 10.3 Å². The Morgan fingerprint density at radius 2 is 1.94 bits per heavy atom. The molecule has 2 N–H and O–H groups in total. The van der Waals surface area contributed by atoms with Crippen LogP contribution < -0.4 is 10.2 Å². The van der Waals surface area contributed by atoms with Crippen LogP contribution in [0.4, 0.5) is 15.8 Å². The highest BCUT2D eigenvalue weighted by molar-refractivity contribution is 8.14. The summed E-state index contributed by atoms with van der Waals surface area (Å²) in [5, 5.41) is 4.39. The van der Waals surface area contributed by atoms with Crippen LogP contribution in [0.25, 0.3) is 17.0 Å². The molecule has 2 heterocycles. The number of H-pyrrole nitrogens is 1. The van der Waals surface area contributed by atoms with Gasteiger partial charge in [0.2, 0.25) is 5.91 Å². The third-order valence-electron chi connectivity index (χ3n) is 5.30. The van der Waals surface area contributed by atoms with Crippen molar-refractivity contribution in [2.75, 3.05) is 16.0 Å². The molecule has 5 rings (SSSR count). The average molecular weight is 505 g/mol. The van der Waals surface area contributed by atoms with E-state index in [-0.39, 0.29) is 27.9 Å². The first kappa shape index (κ1) is 22.9. The molecule has 0 saturated carbocycles. The third-order valence-corrected chi connectivity index (χ3v) is 6.56. The number of halogens is 2. The normalized spacial score (nSPS) is 14.6. The Balaban J connectivity index is 1.39. The Morgan fingerprint density at radius 1 is 1.11 bits per heavy atom. The van der Waals surface area contributed by atoms with Gasteiger partial charge in [-0.3, -0.25) is 14.5 Å². The van der Waals surface area contributed by atoms with Crippen LogP contribution in [0.1, 0.15) is 5.56 Å². The molecule has 0 atom stereocenters. The number of amidine groups is 1. The lowest BCUT2D eigenvalue weighted by Crippen LogP contribution is -2.31. The van der Waals surface area contributed by atoms with Gasteiger partial charge in [-0.15, -0.1) is 0 Å². The molecule has 0 saturated heterocycles. The monoisotopic (exact) mass is 504 g/mol. The number of hydrogen-bond donors (Lipinski definition) is 2. The van der Waals surface area contributed by atoms with Gasteiger partial charge in [-0.2, -0.15) is 0 Å². The Morgan fingerprint density at radius 3 is 2.74 bits per heavy atom. The van der Waals surface area contributed by atoms with Gasteiger partial charge in [0.05, 0.1) is 16.5 Å². The number of fused-ring (bicyclic) bond motifs is 1. The Labute approximate surface area is 209 Å². The smallest absolute Gasteiger partial charge is 0.283 e. The van der Waals surface area contributed by atoms with E-state index in [2.05, 4.69) is 15.3 Å². The molecule has 3 aromatic carbocycles. The van der Waals surface area contributed by atoms with Gasteiger partial charge in [0.1, 0.15) is 11.5 Å². The number of thioether (sulfide) groups is 1. The van der Waals surface area contributed by atoms with Gasteiger partial charge in [-0.05, 0) is 53.9 Å². The molecular weight excluding hydrogens is 487 g/mol. The zero-order valence-corrected chi connectivity index (χ0v) is 19.7. The highest BCUT2D eigenvalue weighted by Crippen LogP contribution is 2.31. The van der Waals surface area contributed by atoms with E-state index >= 15 is 0 Å². The Kier molecular flexibility index (Phi) is 6.39. The summed E-state index contributed by atoms with van der Waals surface area (Å²) in [6, 6.07) is 20.8. The lowest BCUT2D eigenvalue weighted by molar-refractivity contribution is -0.114. The largest absolute Gasteiger partial charge is 0.361 e. The minimum absolute atomic E-state index is 0.0198. The molecule has 6 nitrogen and oxygen atoms in total. The molecule has 1 aliphatic rings. The van der Waals surface area contributed by atoms with Crippen molar-refractivity contribution >= 4 is 68.7 Å². The summed E-state index contributed by atoms with van der Waals surface area (Å²) in [5.41, 5.74) is 2.27. The first-order valence-corrected chi connectivity index (χ1v) is 12.0. The van der Waals surface area contributed by atoms with Crippen molar-refractivity contribution in [1.82, 2.24) is 4.98 Å². The number of aromatic nitrogens is 1. The predicted molar refractivity (Wildman–Crippen MR) is 140 cm³/mol. The zero-order valence-electron chi connectivity index (χ0n) is 18.2. The van der Waals surface area contributed by atoms with Gasteiger partial charge in [-0.25, -0.2) is 9.38 Å². The number of aliphatic imine (C=N–C) groups is 1. The summed E-state index contributed by atoms with van der Waals surface area (Å²) < 4.78 is 14.3. The van der Waals surface area contributed by atoms with Gasteiger partial charge in [-0.1, -0.05) is 53.7 Å². The number of carbonyl (C=O) groups is 2. The molecule has 0 bridgehead atoms. The van der Waals surface area contributed by atoms with Crippen LogP contribution in [-0.4, -0.2) is 27.7 Å². The van der Waals surface area contributed by atoms with Crippen LogP contribution >= 0.6 is 23.4 Å². The first-order chi connectivity index (χ1) is 17.0. The van der Waals surface area contributed by atoms with E-state index in [0.717, 1.165) is 22.7 Å². The predicted octanol–water partition coefficient (Wildman–Crippen LogP) is 6.08. The van der Waals surface area contributed by atoms with Crippen molar-refractivity contribution in [3.05, 3.63) is 101 Å². The maximum Gasteiger partial charge on any atom is 0.283 e. The number of anilines is 2. The van der Waals surface area contributed by atoms with Gasteiger partial charge in [0.25, 0.3) is 5.91 Å². The van der Waals surface area contributed by atoms with E-state index in [0.29, 0.717) is 16.5 Å². The number of aromatic amines is 1. The van der Waals surface area contributed by atoms with Crippen molar-refractivity contribution in [2.24, 2.45) is 4.99 Å². The summed E-state index contributed by atoms with van der Waals surface area (Å²) in [6.45, 7) is 0. The Hall–Kier alpha value is -3.88. The van der Waals surface area contributed by atoms with E-state index in [4.69, 9.17) is 11.6 Å². The summed E-state index contributed by atoms with van der Waals surface area (Å²) in [6.07, 6.45) is 3.16. The molecule has 2 amide bonds. The number of amides is 2. The van der Waals surface area contributed by atoms with E-state index in [1.54, 1.807) is 30.3 Å². The minimum Gasteiger partial charge on any atom is -0.361 e. The molecular formula is C26H18ClFN4O2S. The number of carbonyl (C=O) groups excluding carboxylic acids is 2. The number of hydrogen-bond acceptors (Lipinski definition) is 4. The summed E-state index contributed by atoms with van der Waals surface area (Å²) in [4.78, 5) is 34.8.